The highest BCUT2D eigenvalue weighted by Gasteiger charge is 2.24. The minimum absolute atomic E-state index is 0.104. The third-order valence-electron chi connectivity index (χ3n) is 3.60. The Hall–Kier alpha value is -1.61. The van der Waals surface area contributed by atoms with Gasteiger partial charge in [-0.25, -0.2) is 0 Å². The molecule has 2 aromatic carbocycles. The zero-order chi connectivity index (χ0) is 14.7. The number of rotatable bonds is 4. The van der Waals surface area contributed by atoms with Crippen LogP contribution in [0.1, 0.15) is 28.0 Å². The molecule has 1 nitrogen and oxygen atoms in total. The van der Waals surface area contributed by atoms with Gasteiger partial charge in [0.1, 0.15) is 0 Å². The van der Waals surface area contributed by atoms with E-state index in [2.05, 4.69) is 48.5 Å². The highest BCUT2D eigenvalue weighted by molar-refractivity contribution is 7.16. The summed E-state index contributed by atoms with van der Waals surface area (Å²) < 4.78 is 0.778. The van der Waals surface area contributed by atoms with Crippen LogP contribution < -0.4 is 5.73 Å². The Labute approximate surface area is 134 Å². The van der Waals surface area contributed by atoms with Gasteiger partial charge in [0.15, 0.2) is 0 Å². The van der Waals surface area contributed by atoms with Crippen molar-refractivity contribution in [1.82, 2.24) is 0 Å². The van der Waals surface area contributed by atoms with Crippen LogP contribution in [0.25, 0.3) is 0 Å². The molecule has 1 heterocycles. The maximum Gasteiger partial charge on any atom is 0.0931 e. The molecule has 0 aliphatic rings. The van der Waals surface area contributed by atoms with Crippen molar-refractivity contribution in [2.24, 2.45) is 5.73 Å². The molecule has 0 amide bonds. The lowest BCUT2D eigenvalue weighted by molar-refractivity contribution is 0.640. The van der Waals surface area contributed by atoms with E-state index in [0.29, 0.717) is 0 Å². The van der Waals surface area contributed by atoms with Gasteiger partial charge in [0, 0.05) is 10.8 Å². The lowest BCUT2D eigenvalue weighted by atomic mass is 9.85. The van der Waals surface area contributed by atoms with Gasteiger partial charge in [-0.2, -0.15) is 0 Å². The van der Waals surface area contributed by atoms with Gasteiger partial charge in [0.25, 0.3) is 0 Å². The van der Waals surface area contributed by atoms with Gasteiger partial charge < -0.3 is 5.73 Å². The molecule has 3 rings (SSSR count). The third-order valence-corrected chi connectivity index (χ3v) is 4.93. The van der Waals surface area contributed by atoms with E-state index < -0.39 is 0 Å². The number of thiophene rings is 1. The molecule has 1 unspecified atom stereocenters. The first-order chi connectivity index (χ1) is 10.3. The molecule has 2 N–H and O–H groups in total. The van der Waals surface area contributed by atoms with E-state index >= 15 is 0 Å². The molecule has 106 valence electrons. The van der Waals surface area contributed by atoms with E-state index in [-0.39, 0.29) is 12.0 Å². The van der Waals surface area contributed by atoms with Crippen LogP contribution in [-0.4, -0.2) is 0 Å². The van der Waals surface area contributed by atoms with Gasteiger partial charge in [-0.15, -0.1) is 11.3 Å². The molecule has 1 atom stereocenters. The van der Waals surface area contributed by atoms with E-state index in [1.54, 1.807) is 11.3 Å². The quantitative estimate of drug-likeness (QED) is 0.701. The van der Waals surface area contributed by atoms with E-state index in [4.69, 9.17) is 17.3 Å². The first-order valence-corrected chi connectivity index (χ1v) is 8.06. The summed E-state index contributed by atoms with van der Waals surface area (Å²) in [6, 6.07) is 24.6. The summed E-state index contributed by atoms with van der Waals surface area (Å²) in [5.41, 5.74) is 9.01. The van der Waals surface area contributed by atoms with Gasteiger partial charge in [0.05, 0.1) is 10.4 Å². The largest absolute Gasteiger partial charge is 0.322 e. The normalized spacial score (nSPS) is 12.5. The smallest absolute Gasteiger partial charge is 0.0931 e. The summed E-state index contributed by atoms with van der Waals surface area (Å²) in [6.45, 7) is 0. The summed E-state index contributed by atoms with van der Waals surface area (Å²) in [5, 5.41) is 0. The van der Waals surface area contributed by atoms with Crippen molar-refractivity contribution >= 4 is 22.9 Å². The average Bonchev–Trinajstić information content (AvgIpc) is 2.96. The first-order valence-electron chi connectivity index (χ1n) is 6.86. The maximum absolute atomic E-state index is 6.57. The van der Waals surface area contributed by atoms with Crippen LogP contribution >= 0.6 is 22.9 Å². The number of benzene rings is 2. The molecular formula is C18H16ClNS. The van der Waals surface area contributed by atoms with Gasteiger partial charge in [-0.3, -0.25) is 0 Å². The van der Waals surface area contributed by atoms with Crippen LogP contribution in [0.4, 0.5) is 0 Å². The van der Waals surface area contributed by atoms with E-state index in [1.165, 1.54) is 11.1 Å². The summed E-state index contributed by atoms with van der Waals surface area (Å²) in [7, 11) is 0. The number of hydrogen-bond acceptors (Lipinski definition) is 2. The summed E-state index contributed by atoms with van der Waals surface area (Å²) in [6.07, 6.45) is 0. The van der Waals surface area contributed by atoms with Crippen LogP contribution in [0.3, 0.4) is 0 Å². The summed E-state index contributed by atoms with van der Waals surface area (Å²) in [4.78, 5) is 1.11. The second kappa shape index (κ2) is 6.44. The zero-order valence-electron chi connectivity index (χ0n) is 11.4. The SMILES string of the molecule is NC(c1ccc(Cl)s1)C(c1ccccc1)c1ccccc1. The molecule has 0 aliphatic carbocycles. The van der Waals surface area contributed by atoms with Crippen LogP contribution in [-0.2, 0) is 0 Å². The van der Waals surface area contributed by atoms with Crippen LogP contribution in [0, 0.1) is 0 Å². The van der Waals surface area contributed by atoms with Crippen LogP contribution in [0.2, 0.25) is 4.34 Å². The number of halogens is 1. The first kappa shape index (κ1) is 14.3. The molecule has 0 saturated heterocycles. The fourth-order valence-electron chi connectivity index (χ4n) is 2.60. The fraction of sp³-hybridized carbons (Fsp3) is 0.111. The third kappa shape index (κ3) is 3.18. The van der Waals surface area contributed by atoms with Crippen molar-refractivity contribution in [3.05, 3.63) is 93.1 Å². The summed E-state index contributed by atoms with van der Waals surface area (Å²) >= 11 is 7.62. The molecule has 0 saturated carbocycles. The molecule has 0 fully saturated rings. The molecule has 0 bridgehead atoms. The Morgan fingerprint density at radius 3 is 1.71 bits per heavy atom. The Balaban J connectivity index is 2.04. The lowest BCUT2D eigenvalue weighted by Crippen LogP contribution is -2.20. The van der Waals surface area contributed by atoms with Crippen molar-refractivity contribution in [2.45, 2.75) is 12.0 Å². The highest BCUT2D eigenvalue weighted by Crippen LogP contribution is 2.38. The molecule has 0 aliphatic heterocycles. The number of nitrogens with two attached hydrogens (primary N) is 1. The number of hydrogen-bond donors (Lipinski definition) is 1. The van der Waals surface area contributed by atoms with Crippen molar-refractivity contribution in [3.8, 4) is 0 Å². The lowest BCUT2D eigenvalue weighted by Gasteiger charge is -2.24. The van der Waals surface area contributed by atoms with Crippen molar-refractivity contribution in [2.75, 3.05) is 0 Å². The monoisotopic (exact) mass is 313 g/mol. The van der Waals surface area contributed by atoms with Crippen LogP contribution in [0.5, 0.6) is 0 Å². The summed E-state index contributed by atoms with van der Waals surface area (Å²) in [5.74, 6) is 0.127. The Kier molecular flexibility index (Phi) is 4.39. The average molecular weight is 314 g/mol. The Bertz CT molecular complexity index is 654. The fourth-order valence-corrected chi connectivity index (χ4v) is 3.70. The van der Waals surface area contributed by atoms with Crippen molar-refractivity contribution in [1.29, 1.82) is 0 Å². The molecule has 0 spiro atoms. The molecular weight excluding hydrogens is 298 g/mol. The topological polar surface area (TPSA) is 26.0 Å². The van der Waals surface area contributed by atoms with E-state index in [0.717, 1.165) is 9.21 Å². The van der Waals surface area contributed by atoms with Crippen molar-refractivity contribution < 1.29 is 0 Å². The minimum Gasteiger partial charge on any atom is -0.322 e. The van der Waals surface area contributed by atoms with Gasteiger partial charge in [-0.05, 0) is 23.3 Å². The molecule has 3 aromatic rings. The van der Waals surface area contributed by atoms with Gasteiger partial charge >= 0.3 is 0 Å². The van der Waals surface area contributed by atoms with Gasteiger partial charge in [0.2, 0.25) is 0 Å². The minimum atomic E-state index is -0.104. The van der Waals surface area contributed by atoms with E-state index in [9.17, 15) is 0 Å². The second-order valence-electron chi connectivity index (χ2n) is 4.97. The van der Waals surface area contributed by atoms with E-state index in [1.807, 2.05) is 24.3 Å². The van der Waals surface area contributed by atoms with Crippen molar-refractivity contribution in [3.63, 3.8) is 0 Å². The molecule has 21 heavy (non-hydrogen) atoms. The second-order valence-corrected chi connectivity index (χ2v) is 6.71. The van der Waals surface area contributed by atoms with Gasteiger partial charge in [-0.1, -0.05) is 72.3 Å². The highest BCUT2D eigenvalue weighted by atomic mass is 35.5. The Morgan fingerprint density at radius 1 is 0.762 bits per heavy atom. The van der Waals surface area contributed by atoms with Crippen LogP contribution in [0.15, 0.2) is 72.8 Å². The predicted octanol–water partition coefficient (Wildman–Crippen LogP) is 5.23. The standard InChI is InChI=1S/C18H16ClNS/c19-16-12-11-15(21-16)18(20)17(13-7-3-1-4-8-13)14-9-5-2-6-10-14/h1-12,17-18H,20H2. The molecule has 3 heteroatoms. The molecule has 1 aromatic heterocycles. The predicted molar refractivity (Wildman–Crippen MR) is 91.0 cm³/mol. The zero-order valence-corrected chi connectivity index (χ0v) is 13.0. The molecule has 0 radical (unpaired) electrons. The Morgan fingerprint density at radius 2 is 1.29 bits per heavy atom. The maximum atomic E-state index is 6.57.